The van der Waals surface area contributed by atoms with Crippen LogP contribution in [0.1, 0.15) is 11.1 Å². The fraction of sp³-hybridized carbons (Fsp3) is 0.0556. The molecule has 0 atom stereocenters. The molecule has 0 aliphatic rings. The Morgan fingerprint density at radius 2 is 1.86 bits per heavy atom. The van der Waals surface area contributed by atoms with Gasteiger partial charge in [0, 0.05) is 5.02 Å². The number of halogens is 1. The van der Waals surface area contributed by atoms with E-state index in [1.165, 1.54) is 13.4 Å². The number of ether oxygens (including phenoxy) is 1. The molecule has 0 fully saturated rings. The molecule has 0 saturated carbocycles. The number of benzene rings is 2. The molecular formula is C18H13ClO3. The lowest BCUT2D eigenvalue weighted by Gasteiger charge is -2.04. The summed E-state index contributed by atoms with van der Waals surface area (Å²) in [4.78, 5) is 12.6. The maximum absolute atomic E-state index is 12.6. The first-order valence-corrected chi connectivity index (χ1v) is 7.09. The molecule has 0 aliphatic heterocycles. The summed E-state index contributed by atoms with van der Waals surface area (Å²) < 4.78 is 10.8. The molecule has 4 heteroatoms. The van der Waals surface area contributed by atoms with Crippen molar-refractivity contribution in [2.24, 2.45) is 0 Å². The van der Waals surface area contributed by atoms with E-state index < -0.39 is 0 Å². The predicted octanol–water partition coefficient (Wildman–Crippen LogP) is 4.63. The van der Waals surface area contributed by atoms with Gasteiger partial charge < -0.3 is 9.15 Å². The van der Waals surface area contributed by atoms with Gasteiger partial charge in [-0.3, -0.25) is 4.79 Å². The second-order valence-electron chi connectivity index (χ2n) is 4.74. The van der Waals surface area contributed by atoms with Crippen LogP contribution in [0.15, 0.2) is 57.9 Å². The number of rotatable bonds is 3. The van der Waals surface area contributed by atoms with Crippen LogP contribution >= 0.6 is 11.6 Å². The van der Waals surface area contributed by atoms with E-state index in [4.69, 9.17) is 20.8 Å². The molecule has 0 unspecified atom stereocenters. The average molecular weight is 313 g/mol. The maximum atomic E-state index is 12.6. The molecule has 0 radical (unpaired) electrons. The van der Waals surface area contributed by atoms with Gasteiger partial charge in [-0.1, -0.05) is 35.9 Å². The van der Waals surface area contributed by atoms with E-state index in [1.54, 1.807) is 36.4 Å². The predicted molar refractivity (Wildman–Crippen MR) is 89.4 cm³/mol. The van der Waals surface area contributed by atoms with Crippen LogP contribution in [0, 0.1) is 0 Å². The highest BCUT2D eigenvalue weighted by Gasteiger charge is 2.09. The first kappa shape index (κ1) is 14.4. The molecule has 1 heterocycles. The second-order valence-corrected chi connectivity index (χ2v) is 5.17. The molecule has 0 aliphatic carbocycles. The summed E-state index contributed by atoms with van der Waals surface area (Å²) in [5.74, 6) is 0.507. The molecule has 1 aromatic heterocycles. The molecule has 0 bridgehead atoms. The topological polar surface area (TPSA) is 39.4 Å². The molecular weight excluding hydrogens is 300 g/mol. The molecule has 0 N–H and O–H groups in total. The summed E-state index contributed by atoms with van der Waals surface area (Å²) in [5, 5.41) is 1.12. The molecule has 2 aromatic carbocycles. The fourth-order valence-electron chi connectivity index (χ4n) is 2.20. The standard InChI is InChI=1S/C18H13ClO3/c1-21-15-3-2-4-16-17(15)18(20)13(11-22-16)8-5-12-6-9-14(19)10-7-12/h2-11H,1H3/b8-5-. The quantitative estimate of drug-likeness (QED) is 0.708. The van der Waals surface area contributed by atoms with E-state index in [2.05, 4.69) is 0 Å². The number of hydrogen-bond acceptors (Lipinski definition) is 3. The van der Waals surface area contributed by atoms with Crippen molar-refractivity contribution in [3.8, 4) is 5.75 Å². The van der Waals surface area contributed by atoms with Gasteiger partial charge in [-0.25, -0.2) is 0 Å². The number of hydrogen-bond donors (Lipinski definition) is 0. The Morgan fingerprint density at radius 1 is 1.09 bits per heavy atom. The third-order valence-electron chi connectivity index (χ3n) is 3.34. The third kappa shape index (κ3) is 2.76. The highest BCUT2D eigenvalue weighted by Crippen LogP contribution is 2.23. The Kier molecular flexibility index (Phi) is 3.98. The van der Waals surface area contributed by atoms with Gasteiger partial charge in [0.15, 0.2) is 0 Å². The first-order chi connectivity index (χ1) is 10.7. The summed E-state index contributed by atoms with van der Waals surface area (Å²) >= 11 is 5.85. The Balaban J connectivity index is 2.06. The van der Waals surface area contributed by atoms with Crippen molar-refractivity contribution in [2.45, 2.75) is 0 Å². The summed E-state index contributed by atoms with van der Waals surface area (Å²) in [6.45, 7) is 0. The Hall–Kier alpha value is -2.52. The van der Waals surface area contributed by atoms with Gasteiger partial charge in [0.05, 0.1) is 12.7 Å². The summed E-state index contributed by atoms with van der Waals surface area (Å²) in [6, 6.07) is 12.6. The lowest BCUT2D eigenvalue weighted by atomic mass is 10.1. The minimum absolute atomic E-state index is 0.121. The van der Waals surface area contributed by atoms with Crippen LogP contribution in [0.2, 0.25) is 5.02 Å². The zero-order chi connectivity index (χ0) is 15.5. The van der Waals surface area contributed by atoms with Crippen molar-refractivity contribution >= 4 is 34.7 Å². The molecule has 0 spiro atoms. The van der Waals surface area contributed by atoms with Crippen LogP contribution < -0.4 is 10.2 Å². The lowest BCUT2D eigenvalue weighted by Crippen LogP contribution is -2.06. The Labute approximate surface area is 132 Å². The van der Waals surface area contributed by atoms with Gasteiger partial charge >= 0.3 is 0 Å². The second kappa shape index (κ2) is 6.08. The minimum atomic E-state index is -0.121. The van der Waals surface area contributed by atoms with Crippen molar-refractivity contribution in [2.75, 3.05) is 7.11 Å². The van der Waals surface area contributed by atoms with Gasteiger partial charge in [-0.15, -0.1) is 0 Å². The van der Waals surface area contributed by atoms with Crippen LogP contribution in [-0.2, 0) is 0 Å². The van der Waals surface area contributed by atoms with Crippen LogP contribution in [0.4, 0.5) is 0 Å². The van der Waals surface area contributed by atoms with E-state index in [0.717, 1.165) is 5.56 Å². The van der Waals surface area contributed by atoms with Crippen molar-refractivity contribution in [1.29, 1.82) is 0 Å². The van der Waals surface area contributed by atoms with E-state index >= 15 is 0 Å². The van der Waals surface area contributed by atoms with Gasteiger partial charge in [-0.05, 0) is 35.9 Å². The van der Waals surface area contributed by atoms with Crippen molar-refractivity contribution in [3.05, 3.63) is 75.1 Å². The Bertz CT molecular complexity index is 892. The van der Waals surface area contributed by atoms with Crippen molar-refractivity contribution in [1.82, 2.24) is 0 Å². The monoisotopic (exact) mass is 312 g/mol. The molecule has 110 valence electrons. The van der Waals surface area contributed by atoms with Crippen LogP contribution in [0.25, 0.3) is 23.1 Å². The molecule has 0 saturated heterocycles. The normalized spacial score (nSPS) is 11.2. The van der Waals surface area contributed by atoms with E-state index in [0.29, 0.717) is 27.3 Å². The number of fused-ring (bicyclic) bond motifs is 1. The minimum Gasteiger partial charge on any atom is -0.496 e. The molecule has 3 nitrogen and oxygen atoms in total. The fourth-order valence-corrected chi connectivity index (χ4v) is 2.33. The van der Waals surface area contributed by atoms with E-state index in [1.807, 2.05) is 18.2 Å². The van der Waals surface area contributed by atoms with Crippen molar-refractivity contribution in [3.63, 3.8) is 0 Å². The Morgan fingerprint density at radius 3 is 2.59 bits per heavy atom. The van der Waals surface area contributed by atoms with Crippen LogP contribution in [0.5, 0.6) is 5.75 Å². The number of methoxy groups -OCH3 is 1. The average Bonchev–Trinajstić information content (AvgIpc) is 2.55. The lowest BCUT2D eigenvalue weighted by molar-refractivity contribution is 0.418. The van der Waals surface area contributed by atoms with Gasteiger partial charge in [0.2, 0.25) is 5.43 Å². The third-order valence-corrected chi connectivity index (χ3v) is 3.59. The highest BCUT2D eigenvalue weighted by molar-refractivity contribution is 6.30. The van der Waals surface area contributed by atoms with Gasteiger partial charge in [0.25, 0.3) is 0 Å². The summed E-state index contributed by atoms with van der Waals surface area (Å²) in [5.41, 5.74) is 1.80. The molecule has 3 rings (SSSR count). The molecule has 3 aromatic rings. The summed E-state index contributed by atoms with van der Waals surface area (Å²) in [6.07, 6.45) is 5.02. The summed E-state index contributed by atoms with van der Waals surface area (Å²) in [7, 11) is 1.53. The SMILES string of the molecule is COc1cccc2occ(/C=C\c3ccc(Cl)cc3)c(=O)c12. The van der Waals surface area contributed by atoms with Gasteiger partial charge in [-0.2, -0.15) is 0 Å². The first-order valence-electron chi connectivity index (χ1n) is 6.71. The molecule has 22 heavy (non-hydrogen) atoms. The zero-order valence-corrected chi connectivity index (χ0v) is 12.6. The zero-order valence-electron chi connectivity index (χ0n) is 11.9. The van der Waals surface area contributed by atoms with Gasteiger partial charge in [0.1, 0.15) is 23.0 Å². The molecule has 0 amide bonds. The smallest absolute Gasteiger partial charge is 0.203 e. The van der Waals surface area contributed by atoms with Crippen LogP contribution in [-0.4, -0.2) is 7.11 Å². The maximum Gasteiger partial charge on any atom is 0.203 e. The highest BCUT2D eigenvalue weighted by atomic mass is 35.5. The van der Waals surface area contributed by atoms with Crippen LogP contribution in [0.3, 0.4) is 0 Å². The van der Waals surface area contributed by atoms with E-state index in [-0.39, 0.29) is 5.43 Å². The van der Waals surface area contributed by atoms with Crippen molar-refractivity contribution < 1.29 is 9.15 Å². The largest absolute Gasteiger partial charge is 0.496 e. The van der Waals surface area contributed by atoms with E-state index in [9.17, 15) is 4.79 Å².